The SMILES string of the molecule is COCc1ccc(C(=O)CNC(=O)c2ccc(OCCO)c(OC)c2)nc1-c1ccc(F)c(C(F)(F)F)c1. The third-order valence-corrected chi connectivity index (χ3v) is 5.29. The lowest BCUT2D eigenvalue weighted by Crippen LogP contribution is -2.30. The summed E-state index contributed by atoms with van der Waals surface area (Å²) in [5.74, 6) is -2.09. The predicted octanol–water partition coefficient (Wildman–Crippen LogP) is 4.05. The summed E-state index contributed by atoms with van der Waals surface area (Å²) in [6.45, 7) is -0.659. The summed E-state index contributed by atoms with van der Waals surface area (Å²) in [6.07, 6.45) is -4.93. The number of hydrogen-bond donors (Lipinski definition) is 2. The fourth-order valence-corrected chi connectivity index (χ4v) is 3.49. The minimum absolute atomic E-state index is 0.0118. The molecule has 2 aromatic carbocycles. The Morgan fingerprint density at radius 1 is 1.03 bits per heavy atom. The number of methoxy groups -OCH3 is 2. The molecule has 0 aliphatic carbocycles. The maximum Gasteiger partial charge on any atom is 0.419 e. The van der Waals surface area contributed by atoms with Crippen molar-refractivity contribution in [3.8, 4) is 22.8 Å². The number of nitrogens with one attached hydrogen (secondary N) is 1. The molecule has 8 nitrogen and oxygen atoms in total. The van der Waals surface area contributed by atoms with Gasteiger partial charge in [0.25, 0.3) is 5.91 Å². The zero-order valence-electron chi connectivity index (χ0n) is 20.4. The van der Waals surface area contributed by atoms with Crippen molar-refractivity contribution in [1.29, 1.82) is 0 Å². The van der Waals surface area contributed by atoms with Crippen LogP contribution in [-0.4, -0.2) is 55.8 Å². The molecule has 0 spiro atoms. The molecule has 3 rings (SSSR count). The van der Waals surface area contributed by atoms with Crippen molar-refractivity contribution in [3.63, 3.8) is 0 Å². The van der Waals surface area contributed by atoms with Gasteiger partial charge in [0.05, 0.1) is 38.1 Å². The van der Waals surface area contributed by atoms with Crippen LogP contribution in [0.25, 0.3) is 11.3 Å². The van der Waals surface area contributed by atoms with Gasteiger partial charge in [-0.3, -0.25) is 9.59 Å². The second-order valence-corrected chi connectivity index (χ2v) is 7.87. The number of rotatable bonds is 11. The number of amides is 1. The van der Waals surface area contributed by atoms with E-state index in [-0.39, 0.29) is 48.1 Å². The number of ether oxygens (including phenoxy) is 3. The van der Waals surface area contributed by atoms with Crippen molar-refractivity contribution in [2.75, 3.05) is 34.0 Å². The number of carbonyl (C=O) groups is 2. The minimum Gasteiger partial charge on any atom is -0.493 e. The fourth-order valence-electron chi connectivity index (χ4n) is 3.49. The van der Waals surface area contributed by atoms with Crippen molar-refractivity contribution >= 4 is 11.7 Å². The van der Waals surface area contributed by atoms with Crippen molar-refractivity contribution < 1.29 is 46.5 Å². The third-order valence-electron chi connectivity index (χ3n) is 5.29. The standard InChI is InChI=1S/C26H24F4N2O6/c1-36-14-17-4-7-20(32-24(17)15-3-6-19(27)18(11-15)26(28,29)30)21(34)13-31-25(35)16-5-8-22(38-10-9-33)23(12-16)37-2/h3-8,11-12,33H,9-10,13-14H2,1-2H3,(H,31,35). The molecule has 0 radical (unpaired) electrons. The van der Waals surface area contributed by atoms with Crippen molar-refractivity contribution in [3.05, 3.63) is 76.7 Å². The third kappa shape index (κ3) is 6.84. The first kappa shape index (κ1) is 28.5. The Kier molecular flexibility index (Phi) is 9.37. The Morgan fingerprint density at radius 3 is 2.45 bits per heavy atom. The van der Waals surface area contributed by atoms with E-state index in [0.717, 1.165) is 6.07 Å². The van der Waals surface area contributed by atoms with Gasteiger partial charge in [-0.2, -0.15) is 13.2 Å². The number of nitrogens with zero attached hydrogens (tertiary/aromatic N) is 1. The van der Waals surface area contributed by atoms with Crippen LogP contribution in [0.4, 0.5) is 17.6 Å². The van der Waals surface area contributed by atoms with E-state index in [1.54, 1.807) is 0 Å². The number of carbonyl (C=O) groups excluding carboxylic acids is 2. The largest absolute Gasteiger partial charge is 0.493 e. The van der Waals surface area contributed by atoms with Crippen LogP contribution in [-0.2, 0) is 17.5 Å². The Balaban J connectivity index is 1.82. The van der Waals surface area contributed by atoms with Crippen molar-refractivity contribution in [2.24, 2.45) is 0 Å². The zero-order chi connectivity index (χ0) is 27.9. The topological polar surface area (TPSA) is 107 Å². The molecule has 0 aliphatic heterocycles. The molecule has 3 aromatic rings. The Bertz CT molecular complexity index is 1310. The van der Waals surface area contributed by atoms with E-state index in [9.17, 15) is 27.2 Å². The number of aliphatic hydroxyl groups excluding tert-OH is 1. The average Bonchev–Trinajstić information content (AvgIpc) is 2.90. The van der Waals surface area contributed by atoms with Gasteiger partial charge in [-0.25, -0.2) is 9.37 Å². The first-order valence-corrected chi connectivity index (χ1v) is 11.2. The maximum absolute atomic E-state index is 13.8. The summed E-state index contributed by atoms with van der Waals surface area (Å²) < 4.78 is 69.1. The molecule has 202 valence electrons. The number of benzene rings is 2. The summed E-state index contributed by atoms with van der Waals surface area (Å²) in [6, 6.07) is 9.57. The van der Waals surface area contributed by atoms with E-state index in [4.69, 9.17) is 19.3 Å². The quantitative estimate of drug-likeness (QED) is 0.281. The lowest BCUT2D eigenvalue weighted by atomic mass is 10.0. The number of pyridine rings is 1. The lowest BCUT2D eigenvalue weighted by Gasteiger charge is -2.14. The van der Waals surface area contributed by atoms with E-state index in [2.05, 4.69) is 10.3 Å². The van der Waals surface area contributed by atoms with Crippen molar-refractivity contribution in [2.45, 2.75) is 12.8 Å². The molecule has 1 amide bonds. The second kappa shape index (κ2) is 12.5. The van der Waals surface area contributed by atoms with E-state index < -0.39 is 35.8 Å². The van der Waals surface area contributed by atoms with Crippen LogP contribution in [0.5, 0.6) is 11.5 Å². The van der Waals surface area contributed by atoms with Gasteiger partial charge in [0.1, 0.15) is 18.1 Å². The van der Waals surface area contributed by atoms with Crippen molar-refractivity contribution in [1.82, 2.24) is 10.3 Å². The van der Waals surface area contributed by atoms with E-state index in [1.165, 1.54) is 44.6 Å². The first-order chi connectivity index (χ1) is 18.1. The van der Waals surface area contributed by atoms with Gasteiger partial charge < -0.3 is 24.6 Å². The molecule has 12 heteroatoms. The zero-order valence-corrected chi connectivity index (χ0v) is 20.4. The highest BCUT2D eigenvalue weighted by Crippen LogP contribution is 2.35. The summed E-state index contributed by atoms with van der Waals surface area (Å²) in [7, 11) is 2.76. The minimum atomic E-state index is -4.93. The number of hydrogen-bond acceptors (Lipinski definition) is 7. The molecule has 0 saturated heterocycles. The number of halogens is 4. The number of ketones is 1. The molecule has 0 saturated carbocycles. The molecule has 1 aromatic heterocycles. The number of aromatic nitrogens is 1. The first-order valence-electron chi connectivity index (χ1n) is 11.2. The predicted molar refractivity (Wildman–Crippen MR) is 128 cm³/mol. The Morgan fingerprint density at radius 2 is 1.79 bits per heavy atom. The highest BCUT2D eigenvalue weighted by atomic mass is 19.4. The summed E-state index contributed by atoms with van der Waals surface area (Å²) in [5, 5.41) is 11.4. The normalized spacial score (nSPS) is 11.2. The molecule has 38 heavy (non-hydrogen) atoms. The molecule has 0 unspecified atom stereocenters. The van der Waals surface area contributed by atoms with Crippen LogP contribution in [0.3, 0.4) is 0 Å². The van der Waals surface area contributed by atoms with Crippen LogP contribution >= 0.6 is 0 Å². The van der Waals surface area contributed by atoms with E-state index >= 15 is 0 Å². The molecular weight excluding hydrogens is 512 g/mol. The summed E-state index contributed by atoms with van der Waals surface area (Å²) in [4.78, 5) is 29.6. The average molecular weight is 536 g/mol. The second-order valence-electron chi connectivity index (χ2n) is 7.87. The Labute approximate surface area is 215 Å². The Hall–Kier alpha value is -4.03. The number of aliphatic hydroxyl groups is 1. The van der Waals surface area contributed by atoms with Crippen LogP contribution in [0.1, 0.15) is 32.0 Å². The van der Waals surface area contributed by atoms with Gasteiger partial charge in [-0.1, -0.05) is 6.07 Å². The van der Waals surface area contributed by atoms with Gasteiger partial charge in [-0.15, -0.1) is 0 Å². The molecular formula is C26H24F4N2O6. The van der Waals surface area contributed by atoms with Crippen LogP contribution in [0.15, 0.2) is 48.5 Å². The van der Waals surface area contributed by atoms with Crippen LogP contribution in [0, 0.1) is 5.82 Å². The van der Waals surface area contributed by atoms with Gasteiger partial charge in [0.15, 0.2) is 17.3 Å². The summed E-state index contributed by atoms with van der Waals surface area (Å²) >= 11 is 0. The maximum atomic E-state index is 13.8. The van der Waals surface area contributed by atoms with Crippen LogP contribution in [0.2, 0.25) is 0 Å². The number of Topliss-reactive ketones (excluding diaryl/α,β-unsaturated/α-hetero) is 1. The molecule has 0 aliphatic rings. The van der Waals surface area contributed by atoms with Gasteiger partial charge in [0.2, 0.25) is 0 Å². The summed E-state index contributed by atoms with van der Waals surface area (Å²) in [5.41, 5.74) is -1.09. The molecule has 2 N–H and O–H groups in total. The molecule has 1 heterocycles. The van der Waals surface area contributed by atoms with Crippen LogP contribution < -0.4 is 14.8 Å². The lowest BCUT2D eigenvalue weighted by molar-refractivity contribution is -0.139. The smallest absolute Gasteiger partial charge is 0.419 e. The van der Waals surface area contributed by atoms with Gasteiger partial charge in [0, 0.05) is 23.8 Å². The molecule has 0 atom stereocenters. The monoisotopic (exact) mass is 536 g/mol. The molecule has 0 fully saturated rings. The highest BCUT2D eigenvalue weighted by Gasteiger charge is 2.34. The fraction of sp³-hybridized carbons (Fsp3) is 0.269. The highest BCUT2D eigenvalue weighted by molar-refractivity contribution is 6.01. The number of alkyl halides is 3. The van der Waals surface area contributed by atoms with Gasteiger partial charge in [-0.05, 0) is 42.5 Å². The van der Waals surface area contributed by atoms with Gasteiger partial charge >= 0.3 is 6.18 Å². The molecule has 0 bridgehead atoms. The van der Waals surface area contributed by atoms with E-state index in [0.29, 0.717) is 23.4 Å². The van der Waals surface area contributed by atoms with E-state index in [1.807, 2.05) is 0 Å².